The first-order valence-electron chi connectivity index (χ1n) is 2.66. The Labute approximate surface area is 61.8 Å². The van der Waals surface area contributed by atoms with Gasteiger partial charge in [0.1, 0.15) is 12.1 Å². The first-order chi connectivity index (χ1) is 4.74. The highest BCUT2D eigenvalue weighted by Gasteiger charge is 2.02. The van der Waals surface area contributed by atoms with Gasteiger partial charge in [-0.3, -0.25) is 0 Å². The second-order valence-electron chi connectivity index (χ2n) is 1.82. The topological polar surface area (TPSA) is 12.9 Å². The highest BCUT2D eigenvalue weighted by Crippen LogP contribution is 2.19. The molecule has 1 heterocycles. The summed E-state index contributed by atoms with van der Waals surface area (Å²) in [5.74, 6) is -0.613. The summed E-state index contributed by atoms with van der Waals surface area (Å²) in [7, 11) is 0. The molecule has 0 fully saturated rings. The fourth-order valence-electron chi connectivity index (χ4n) is 0.570. The molecular weight excluding hydrogens is 156 g/mol. The number of pyridine rings is 1. The van der Waals surface area contributed by atoms with Crippen LogP contribution in [0.5, 0.6) is 0 Å². The van der Waals surface area contributed by atoms with Crippen molar-refractivity contribution in [1.82, 2.24) is 4.98 Å². The Bertz CT molecular complexity index is 239. The normalized spacial score (nSPS) is 9.90. The molecule has 4 heteroatoms. The number of rotatable bonds is 1. The van der Waals surface area contributed by atoms with Crippen LogP contribution in [-0.2, 0) is 0 Å². The van der Waals surface area contributed by atoms with Crippen molar-refractivity contribution in [2.75, 3.05) is 0 Å². The minimum Gasteiger partial charge on any atom is -0.241 e. The molecule has 54 valence electrons. The van der Waals surface area contributed by atoms with E-state index < -0.39 is 5.82 Å². The summed E-state index contributed by atoms with van der Waals surface area (Å²) in [6.07, 6.45) is 0. The van der Waals surface area contributed by atoms with Gasteiger partial charge in [0.25, 0.3) is 0 Å². The second kappa shape index (κ2) is 2.96. The highest BCUT2D eigenvalue weighted by molar-refractivity contribution is 7.94. The molecular formula is C6H5F2NS. The Morgan fingerprint density at radius 2 is 2.20 bits per heavy atom. The van der Waals surface area contributed by atoms with Crippen molar-refractivity contribution in [2.45, 2.75) is 11.9 Å². The summed E-state index contributed by atoms with van der Waals surface area (Å²) in [4.78, 5) is 3.60. The van der Waals surface area contributed by atoms with Crippen LogP contribution in [0.1, 0.15) is 5.69 Å². The molecule has 0 radical (unpaired) electrons. The Balaban J connectivity index is 3.09. The molecule has 1 aromatic heterocycles. The third-order valence-corrected chi connectivity index (χ3v) is 1.46. The van der Waals surface area contributed by atoms with Crippen LogP contribution in [0.4, 0.5) is 8.28 Å². The summed E-state index contributed by atoms with van der Waals surface area (Å²) >= 11 is -0.177. The SMILES string of the molecule is Cc1ccc(F)c(SF)n1. The Morgan fingerprint density at radius 3 is 2.70 bits per heavy atom. The fourth-order valence-corrected chi connectivity index (χ4v) is 0.890. The number of halogens is 2. The van der Waals surface area contributed by atoms with E-state index in [1.54, 1.807) is 6.92 Å². The van der Waals surface area contributed by atoms with E-state index in [0.29, 0.717) is 5.69 Å². The molecule has 0 aliphatic heterocycles. The van der Waals surface area contributed by atoms with Crippen LogP contribution in [0.2, 0.25) is 0 Å². The number of nitrogens with zero attached hydrogens (tertiary/aromatic N) is 1. The van der Waals surface area contributed by atoms with Crippen LogP contribution in [0.3, 0.4) is 0 Å². The van der Waals surface area contributed by atoms with Crippen LogP contribution in [0.15, 0.2) is 17.2 Å². The highest BCUT2D eigenvalue weighted by atomic mass is 32.2. The number of aryl methyl sites for hydroxylation is 1. The Hall–Kier alpha value is -0.640. The van der Waals surface area contributed by atoms with Crippen LogP contribution in [0.25, 0.3) is 0 Å². The number of hydrogen-bond acceptors (Lipinski definition) is 2. The lowest BCUT2D eigenvalue weighted by molar-refractivity contribution is 0.583. The van der Waals surface area contributed by atoms with E-state index in [-0.39, 0.29) is 17.2 Å². The minimum atomic E-state index is -0.613. The molecule has 0 aliphatic rings. The lowest BCUT2D eigenvalue weighted by Crippen LogP contribution is -1.86. The summed E-state index contributed by atoms with van der Waals surface area (Å²) in [5, 5.41) is -0.194. The third kappa shape index (κ3) is 1.44. The molecule has 0 aliphatic carbocycles. The van der Waals surface area contributed by atoms with E-state index in [1.165, 1.54) is 12.1 Å². The number of hydrogen-bond donors (Lipinski definition) is 0. The molecule has 0 saturated heterocycles. The van der Waals surface area contributed by atoms with E-state index in [4.69, 9.17) is 0 Å². The first kappa shape index (κ1) is 7.47. The largest absolute Gasteiger partial charge is 0.241 e. The van der Waals surface area contributed by atoms with E-state index >= 15 is 0 Å². The molecule has 0 amide bonds. The van der Waals surface area contributed by atoms with Crippen LogP contribution in [0, 0.1) is 12.7 Å². The maximum absolute atomic E-state index is 12.4. The fraction of sp³-hybridized carbons (Fsp3) is 0.167. The van der Waals surface area contributed by atoms with Gasteiger partial charge in [0.2, 0.25) is 0 Å². The molecule has 0 spiro atoms. The minimum absolute atomic E-state index is 0.177. The summed E-state index contributed by atoms with van der Waals surface area (Å²) in [5.41, 5.74) is 0.613. The predicted octanol–water partition coefficient (Wildman–Crippen LogP) is 2.51. The van der Waals surface area contributed by atoms with Gasteiger partial charge in [-0.1, -0.05) is 0 Å². The van der Waals surface area contributed by atoms with E-state index in [2.05, 4.69) is 4.98 Å². The maximum atomic E-state index is 12.4. The Kier molecular flexibility index (Phi) is 2.21. The summed E-state index contributed by atoms with van der Waals surface area (Å²) < 4.78 is 24.2. The van der Waals surface area contributed by atoms with Crippen molar-refractivity contribution in [3.8, 4) is 0 Å². The van der Waals surface area contributed by atoms with Crippen LogP contribution < -0.4 is 0 Å². The van der Waals surface area contributed by atoms with Gasteiger partial charge in [0.05, 0.1) is 0 Å². The second-order valence-corrected chi connectivity index (χ2v) is 2.36. The van der Waals surface area contributed by atoms with Crippen molar-refractivity contribution in [3.63, 3.8) is 0 Å². The van der Waals surface area contributed by atoms with Gasteiger partial charge >= 0.3 is 0 Å². The molecule has 0 unspecified atom stereocenters. The van der Waals surface area contributed by atoms with Crippen molar-refractivity contribution >= 4 is 12.1 Å². The van der Waals surface area contributed by atoms with Crippen molar-refractivity contribution in [1.29, 1.82) is 0 Å². The van der Waals surface area contributed by atoms with E-state index in [0.717, 1.165) is 0 Å². The van der Waals surface area contributed by atoms with Crippen molar-refractivity contribution < 1.29 is 8.28 Å². The molecule has 1 nitrogen and oxygen atoms in total. The maximum Gasteiger partial charge on any atom is 0.165 e. The standard InChI is InChI=1S/C6H5F2NS/c1-4-2-3-5(7)6(9-4)10-8/h2-3H,1H3. The van der Waals surface area contributed by atoms with Gasteiger partial charge in [-0.2, -0.15) is 3.89 Å². The molecule has 0 aromatic carbocycles. The monoisotopic (exact) mass is 161 g/mol. The molecule has 0 N–H and O–H groups in total. The number of aromatic nitrogens is 1. The van der Waals surface area contributed by atoms with Crippen molar-refractivity contribution in [2.24, 2.45) is 0 Å². The lowest BCUT2D eigenvalue weighted by atomic mass is 10.4. The molecule has 0 saturated carbocycles. The van der Waals surface area contributed by atoms with Crippen LogP contribution >= 0.6 is 12.1 Å². The molecule has 0 bridgehead atoms. The summed E-state index contributed by atoms with van der Waals surface area (Å²) in [6.45, 7) is 1.68. The lowest BCUT2D eigenvalue weighted by Gasteiger charge is -1.94. The first-order valence-corrected chi connectivity index (χ1v) is 3.37. The molecule has 10 heavy (non-hydrogen) atoms. The van der Waals surface area contributed by atoms with E-state index in [1.807, 2.05) is 0 Å². The zero-order chi connectivity index (χ0) is 7.56. The molecule has 0 atom stereocenters. The van der Waals surface area contributed by atoms with Gasteiger partial charge < -0.3 is 0 Å². The smallest absolute Gasteiger partial charge is 0.165 e. The van der Waals surface area contributed by atoms with Gasteiger partial charge in [-0.15, -0.1) is 0 Å². The zero-order valence-corrected chi connectivity index (χ0v) is 6.08. The quantitative estimate of drug-likeness (QED) is 0.627. The predicted molar refractivity (Wildman–Crippen MR) is 35.9 cm³/mol. The third-order valence-electron chi connectivity index (χ3n) is 1.03. The van der Waals surface area contributed by atoms with Gasteiger partial charge in [0.15, 0.2) is 10.8 Å². The zero-order valence-electron chi connectivity index (χ0n) is 5.27. The van der Waals surface area contributed by atoms with Crippen LogP contribution in [-0.4, -0.2) is 4.98 Å². The molecule has 1 aromatic rings. The average molecular weight is 161 g/mol. The van der Waals surface area contributed by atoms with E-state index in [9.17, 15) is 8.28 Å². The average Bonchev–Trinajstić information content (AvgIpc) is 1.94. The Morgan fingerprint density at radius 1 is 1.50 bits per heavy atom. The molecule has 1 rings (SSSR count). The van der Waals surface area contributed by atoms with Crippen molar-refractivity contribution in [3.05, 3.63) is 23.6 Å². The van der Waals surface area contributed by atoms with Gasteiger partial charge in [-0.05, 0) is 19.1 Å². The van der Waals surface area contributed by atoms with Gasteiger partial charge in [0, 0.05) is 5.69 Å². The summed E-state index contributed by atoms with van der Waals surface area (Å²) in [6, 6.07) is 2.69. The van der Waals surface area contributed by atoms with Gasteiger partial charge in [-0.25, -0.2) is 9.37 Å².